The number of nitrogens with one attached hydrogen (secondary N) is 1. The van der Waals surface area contributed by atoms with Gasteiger partial charge >= 0.3 is 6.09 Å². The van der Waals surface area contributed by atoms with E-state index in [1.54, 1.807) is 36.8 Å². The summed E-state index contributed by atoms with van der Waals surface area (Å²) >= 11 is 0. The summed E-state index contributed by atoms with van der Waals surface area (Å²) in [6.45, 7) is 6.82. The van der Waals surface area contributed by atoms with Crippen LogP contribution in [0.5, 0.6) is 0 Å². The fraction of sp³-hybridized carbons (Fsp3) is 0.308. The van der Waals surface area contributed by atoms with E-state index >= 15 is 0 Å². The maximum Gasteiger partial charge on any atom is 0.435 e. The highest BCUT2D eigenvalue weighted by molar-refractivity contribution is 5.88. The van der Waals surface area contributed by atoms with Crippen molar-refractivity contribution in [1.29, 1.82) is 0 Å². The van der Waals surface area contributed by atoms with Crippen LogP contribution in [0.1, 0.15) is 38.4 Å². The summed E-state index contributed by atoms with van der Waals surface area (Å²) in [4.78, 5) is 30.1. The molecule has 10 nitrogen and oxygen atoms in total. The number of fused-ring (bicyclic) bond motifs is 1. The molecule has 10 heteroatoms. The minimum Gasteiger partial charge on any atom is -0.442 e. The summed E-state index contributed by atoms with van der Waals surface area (Å²) in [5, 5.41) is 8.23. The van der Waals surface area contributed by atoms with Crippen molar-refractivity contribution in [2.75, 3.05) is 18.5 Å². The molecule has 0 spiro atoms. The van der Waals surface area contributed by atoms with Gasteiger partial charge in [-0.05, 0) is 63.4 Å². The number of hydrogen-bond acceptors (Lipinski definition) is 9. The summed E-state index contributed by atoms with van der Waals surface area (Å²) in [7, 11) is 0. The first-order valence-corrected chi connectivity index (χ1v) is 11.6. The molecule has 5 rings (SSSR count). The van der Waals surface area contributed by atoms with Gasteiger partial charge in [0.05, 0.1) is 24.4 Å². The van der Waals surface area contributed by atoms with Crippen LogP contribution < -0.4 is 5.32 Å². The van der Waals surface area contributed by atoms with Gasteiger partial charge in [-0.25, -0.2) is 24.7 Å². The van der Waals surface area contributed by atoms with Gasteiger partial charge in [-0.1, -0.05) is 5.92 Å². The lowest BCUT2D eigenvalue weighted by atomic mass is 10.1. The zero-order valence-corrected chi connectivity index (χ0v) is 20.2. The highest BCUT2D eigenvalue weighted by Gasteiger charge is 2.20. The molecule has 0 bridgehead atoms. The molecule has 1 saturated heterocycles. The van der Waals surface area contributed by atoms with Crippen LogP contribution in [0, 0.1) is 11.8 Å². The molecule has 1 aromatic carbocycles. The number of hydrogen-bond donors (Lipinski definition) is 1. The second-order valence-corrected chi connectivity index (χ2v) is 9.30. The number of carbonyl (C=O) groups is 1. The first kappa shape index (κ1) is 23.4. The van der Waals surface area contributed by atoms with Crippen molar-refractivity contribution in [2.24, 2.45) is 0 Å². The number of rotatable bonds is 3. The largest absolute Gasteiger partial charge is 0.442 e. The maximum absolute atomic E-state index is 12.4. The summed E-state index contributed by atoms with van der Waals surface area (Å²) in [5.74, 6) is 7.17. The van der Waals surface area contributed by atoms with E-state index in [9.17, 15) is 4.79 Å². The first-order chi connectivity index (χ1) is 17.3. The van der Waals surface area contributed by atoms with Crippen LogP contribution in [0.3, 0.4) is 0 Å². The van der Waals surface area contributed by atoms with E-state index in [1.807, 2.05) is 32.9 Å². The molecule has 182 valence electrons. The number of anilines is 1. The highest BCUT2D eigenvalue weighted by atomic mass is 16.6. The minimum atomic E-state index is -0.605. The van der Waals surface area contributed by atoms with Gasteiger partial charge in [0.1, 0.15) is 17.0 Å². The van der Waals surface area contributed by atoms with E-state index in [4.69, 9.17) is 9.47 Å². The van der Waals surface area contributed by atoms with E-state index in [-0.39, 0.29) is 6.04 Å². The third-order valence-electron chi connectivity index (χ3n) is 5.27. The van der Waals surface area contributed by atoms with Crippen LogP contribution in [-0.2, 0) is 9.47 Å². The highest BCUT2D eigenvalue weighted by Crippen LogP contribution is 2.18. The van der Waals surface area contributed by atoms with E-state index < -0.39 is 11.7 Å². The van der Waals surface area contributed by atoms with Crippen molar-refractivity contribution in [2.45, 2.75) is 38.8 Å². The zero-order valence-electron chi connectivity index (χ0n) is 20.2. The number of ether oxygens (including phenoxy) is 2. The van der Waals surface area contributed by atoms with Crippen LogP contribution in [0.15, 0.2) is 48.9 Å². The molecule has 0 amide bonds. The Hall–Kier alpha value is -4.36. The Morgan fingerprint density at radius 1 is 1.14 bits per heavy atom. The van der Waals surface area contributed by atoms with Gasteiger partial charge in [0.2, 0.25) is 5.95 Å². The van der Waals surface area contributed by atoms with Crippen LogP contribution >= 0.6 is 0 Å². The predicted octanol–water partition coefficient (Wildman–Crippen LogP) is 3.67. The lowest BCUT2D eigenvalue weighted by Crippen LogP contribution is -2.27. The van der Waals surface area contributed by atoms with Gasteiger partial charge in [-0.3, -0.25) is 0 Å². The van der Waals surface area contributed by atoms with Gasteiger partial charge in [-0.2, -0.15) is 9.78 Å². The van der Waals surface area contributed by atoms with E-state index in [2.05, 4.69) is 42.2 Å². The van der Waals surface area contributed by atoms with Gasteiger partial charge in [-0.15, -0.1) is 0 Å². The molecule has 1 aliphatic heterocycles. The second kappa shape index (κ2) is 9.71. The lowest BCUT2D eigenvalue weighted by Gasteiger charge is -2.19. The quantitative estimate of drug-likeness (QED) is 0.436. The van der Waals surface area contributed by atoms with Crippen molar-refractivity contribution in [3.8, 4) is 23.4 Å². The Kier molecular flexibility index (Phi) is 6.31. The fourth-order valence-electron chi connectivity index (χ4n) is 3.63. The average Bonchev–Trinajstić information content (AvgIpc) is 3.52. The lowest BCUT2D eigenvalue weighted by molar-refractivity contribution is 0.0522. The van der Waals surface area contributed by atoms with E-state index in [0.29, 0.717) is 35.3 Å². The number of carbonyl (C=O) groups excluding carboxylic acids is 1. The van der Waals surface area contributed by atoms with Gasteiger partial charge < -0.3 is 14.8 Å². The molecule has 1 N–H and O–H groups in total. The predicted molar refractivity (Wildman–Crippen MR) is 133 cm³/mol. The summed E-state index contributed by atoms with van der Waals surface area (Å²) in [5.41, 5.74) is 1.97. The number of benzene rings is 1. The Bertz CT molecular complexity index is 1470. The van der Waals surface area contributed by atoms with Crippen molar-refractivity contribution in [1.82, 2.24) is 29.7 Å². The first-order valence-electron chi connectivity index (χ1n) is 11.6. The van der Waals surface area contributed by atoms with Crippen LogP contribution in [-0.4, -0.2) is 60.7 Å². The molecule has 36 heavy (non-hydrogen) atoms. The smallest absolute Gasteiger partial charge is 0.435 e. The van der Waals surface area contributed by atoms with E-state index in [1.165, 1.54) is 4.68 Å². The Morgan fingerprint density at radius 3 is 2.81 bits per heavy atom. The molecular weight excluding hydrogens is 458 g/mol. The monoisotopic (exact) mass is 483 g/mol. The van der Waals surface area contributed by atoms with Crippen LogP contribution in [0.2, 0.25) is 0 Å². The standard InChI is InChI=1S/C26H25N7O3/c1-26(2,3)36-25(34)33-22-7-5-17(14-18(22)15-29-33)4-6-19-8-11-27-23(30-19)21-9-12-28-24(32-21)31-20-10-13-35-16-20/h5,7-9,11-12,14-15,20H,10,13,16H2,1-3H3,(H,28,31,32)/t20-/m1/s1. The molecule has 1 aliphatic rings. The van der Waals surface area contributed by atoms with Crippen LogP contribution in [0.4, 0.5) is 10.7 Å². The molecule has 1 fully saturated rings. The SMILES string of the molecule is CC(C)(C)OC(=O)n1ncc2cc(C#Cc3ccnc(-c4ccnc(N[C@@H]5CCOC5)n4)n3)ccc21. The van der Waals surface area contributed by atoms with Crippen LogP contribution in [0.25, 0.3) is 22.4 Å². The third-order valence-corrected chi connectivity index (χ3v) is 5.27. The van der Waals surface area contributed by atoms with E-state index in [0.717, 1.165) is 24.0 Å². The molecule has 0 aliphatic carbocycles. The normalized spacial score (nSPS) is 15.4. The number of nitrogens with zero attached hydrogens (tertiary/aromatic N) is 6. The summed E-state index contributed by atoms with van der Waals surface area (Å²) < 4.78 is 12.1. The minimum absolute atomic E-state index is 0.201. The molecule has 0 radical (unpaired) electrons. The third kappa shape index (κ3) is 5.47. The average molecular weight is 484 g/mol. The van der Waals surface area contributed by atoms with Crippen molar-refractivity contribution in [3.05, 3.63) is 60.2 Å². The number of aromatic nitrogens is 6. The van der Waals surface area contributed by atoms with Crippen molar-refractivity contribution >= 4 is 22.9 Å². The Balaban J connectivity index is 1.34. The molecule has 4 aromatic rings. The fourth-order valence-corrected chi connectivity index (χ4v) is 3.63. The van der Waals surface area contributed by atoms with Crippen molar-refractivity contribution < 1.29 is 14.3 Å². The van der Waals surface area contributed by atoms with Gasteiger partial charge in [0, 0.05) is 30.0 Å². The molecule has 3 aromatic heterocycles. The second-order valence-electron chi connectivity index (χ2n) is 9.30. The topological polar surface area (TPSA) is 117 Å². The Morgan fingerprint density at radius 2 is 2.00 bits per heavy atom. The van der Waals surface area contributed by atoms with Gasteiger partial charge in [0.25, 0.3) is 0 Å². The van der Waals surface area contributed by atoms with Crippen molar-refractivity contribution in [3.63, 3.8) is 0 Å². The molecule has 0 unspecified atom stereocenters. The molecule has 0 saturated carbocycles. The Labute approximate surface area is 208 Å². The summed E-state index contributed by atoms with van der Waals surface area (Å²) in [6, 6.07) is 9.20. The molecule has 4 heterocycles. The summed E-state index contributed by atoms with van der Waals surface area (Å²) in [6.07, 6.45) is 5.34. The van der Waals surface area contributed by atoms with Gasteiger partial charge in [0.15, 0.2) is 5.82 Å². The molecular formula is C26H25N7O3. The maximum atomic E-state index is 12.4. The zero-order chi connectivity index (χ0) is 25.1. The molecule has 1 atom stereocenters.